The molecule has 2 atom stereocenters. The molecule has 3 rings (SSSR count). The van der Waals surface area contributed by atoms with Crippen LogP contribution in [0.4, 0.5) is 0 Å². The maximum atomic E-state index is 10.5. The number of hydrogen-bond donors (Lipinski definition) is 1. The van der Waals surface area contributed by atoms with Gasteiger partial charge < -0.3 is 9.84 Å². The summed E-state index contributed by atoms with van der Waals surface area (Å²) in [5, 5.41) is 14.8. The Bertz CT molecular complexity index is 606. The van der Waals surface area contributed by atoms with E-state index >= 15 is 0 Å². The topological polar surface area (TPSA) is 47.3 Å². The fraction of sp³-hybridized carbons (Fsp3) is 0.471. The zero-order valence-corrected chi connectivity index (χ0v) is 12.6. The van der Waals surface area contributed by atoms with Crippen LogP contribution in [0.5, 0.6) is 5.75 Å². The molecule has 1 aromatic carbocycles. The Morgan fingerprint density at radius 3 is 2.95 bits per heavy atom. The minimum Gasteiger partial charge on any atom is -0.493 e. The highest BCUT2D eigenvalue weighted by Crippen LogP contribution is 2.38. The molecule has 1 aliphatic rings. The van der Waals surface area contributed by atoms with E-state index in [0.717, 1.165) is 24.3 Å². The average molecular weight is 286 g/mol. The summed E-state index contributed by atoms with van der Waals surface area (Å²) in [6, 6.07) is 8.44. The number of para-hydroxylation sites is 1. The Morgan fingerprint density at radius 1 is 1.38 bits per heavy atom. The van der Waals surface area contributed by atoms with Gasteiger partial charge in [-0.25, -0.2) is 0 Å². The lowest BCUT2D eigenvalue weighted by Crippen LogP contribution is -2.16. The molecule has 112 valence electrons. The van der Waals surface area contributed by atoms with Gasteiger partial charge in [-0.1, -0.05) is 18.2 Å². The SMILES string of the molecule is CC(C)n1cc(C(O)CC2CCOc3ccccc32)cn1. The molecule has 2 unspecified atom stereocenters. The molecule has 4 heteroatoms. The van der Waals surface area contributed by atoms with Crippen molar-refractivity contribution in [2.75, 3.05) is 6.61 Å². The summed E-state index contributed by atoms with van der Waals surface area (Å²) in [4.78, 5) is 0. The third-order valence-electron chi connectivity index (χ3n) is 4.13. The minimum absolute atomic E-state index is 0.315. The van der Waals surface area contributed by atoms with Gasteiger partial charge in [0.2, 0.25) is 0 Å². The maximum absolute atomic E-state index is 10.5. The summed E-state index contributed by atoms with van der Waals surface area (Å²) >= 11 is 0. The first kappa shape index (κ1) is 14.1. The molecule has 1 N–H and O–H groups in total. The van der Waals surface area contributed by atoms with Crippen molar-refractivity contribution in [1.29, 1.82) is 0 Å². The predicted octanol–water partition coefficient (Wildman–Crippen LogP) is 3.45. The zero-order chi connectivity index (χ0) is 14.8. The number of benzene rings is 1. The van der Waals surface area contributed by atoms with Crippen molar-refractivity contribution >= 4 is 0 Å². The highest BCUT2D eigenvalue weighted by atomic mass is 16.5. The van der Waals surface area contributed by atoms with Crippen LogP contribution in [0.2, 0.25) is 0 Å². The lowest BCUT2D eigenvalue weighted by Gasteiger charge is -2.27. The number of aromatic nitrogens is 2. The number of aliphatic hydroxyl groups excluding tert-OH is 1. The van der Waals surface area contributed by atoms with E-state index in [1.807, 2.05) is 29.1 Å². The molecule has 1 aromatic heterocycles. The van der Waals surface area contributed by atoms with Crippen LogP contribution in [-0.4, -0.2) is 21.5 Å². The summed E-state index contributed by atoms with van der Waals surface area (Å²) in [6.07, 6.45) is 4.90. The second kappa shape index (κ2) is 5.90. The summed E-state index contributed by atoms with van der Waals surface area (Å²) in [7, 11) is 0. The highest BCUT2D eigenvalue weighted by Gasteiger charge is 2.24. The molecule has 0 saturated carbocycles. The van der Waals surface area contributed by atoms with Crippen LogP contribution in [0.15, 0.2) is 36.7 Å². The van der Waals surface area contributed by atoms with Crippen molar-refractivity contribution < 1.29 is 9.84 Å². The van der Waals surface area contributed by atoms with Gasteiger partial charge in [-0.15, -0.1) is 0 Å². The fourth-order valence-corrected chi connectivity index (χ4v) is 2.87. The van der Waals surface area contributed by atoms with Crippen LogP contribution in [0.25, 0.3) is 0 Å². The van der Waals surface area contributed by atoms with Crippen LogP contribution in [0, 0.1) is 0 Å². The molecule has 21 heavy (non-hydrogen) atoms. The van der Waals surface area contributed by atoms with Gasteiger partial charge in [0.05, 0.1) is 18.9 Å². The van der Waals surface area contributed by atoms with E-state index in [-0.39, 0.29) is 0 Å². The predicted molar refractivity (Wildman–Crippen MR) is 81.5 cm³/mol. The molecule has 0 radical (unpaired) electrons. The Hall–Kier alpha value is -1.81. The Morgan fingerprint density at radius 2 is 2.19 bits per heavy atom. The smallest absolute Gasteiger partial charge is 0.122 e. The van der Waals surface area contributed by atoms with Crippen molar-refractivity contribution in [2.45, 2.75) is 44.8 Å². The van der Waals surface area contributed by atoms with Crippen molar-refractivity contribution in [2.24, 2.45) is 0 Å². The molecule has 2 heterocycles. The lowest BCUT2D eigenvalue weighted by molar-refractivity contribution is 0.145. The first-order valence-corrected chi connectivity index (χ1v) is 7.59. The highest BCUT2D eigenvalue weighted by molar-refractivity contribution is 5.38. The van der Waals surface area contributed by atoms with Crippen LogP contribution >= 0.6 is 0 Å². The second-order valence-electron chi connectivity index (χ2n) is 5.97. The zero-order valence-electron chi connectivity index (χ0n) is 12.6. The number of rotatable bonds is 4. The van der Waals surface area contributed by atoms with Gasteiger partial charge in [0.25, 0.3) is 0 Å². The third kappa shape index (κ3) is 2.95. The van der Waals surface area contributed by atoms with Crippen molar-refractivity contribution in [1.82, 2.24) is 9.78 Å². The molecule has 0 aliphatic carbocycles. The molecule has 0 amide bonds. The van der Waals surface area contributed by atoms with Crippen molar-refractivity contribution in [3.05, 3.63) is 47.8 Å². The van der Waals surface area contributed by atoms with Crippen LogP contribution in [-0.2, 0) is 0 Å². The number of ether oxygens (including phenoxy) is 1. The van der Waals surface area contributed by atoms with E-state index in [0.29, 0.717) is 18.4 Å². The normalized spacial score (nSPS) is 19.1. The van der Waals surface area contributed by atoms with E-state index in [1.165, 1.54) is 5.56 Å². The van der Waals surface area contributed by atoms with E-state index in [2.05, 4.69) is 25.0 Å². The molecule has 0 saturated heterocycles. The van der Waals surface area contributed by atoms with Gasteiger partial charge in [0.1, 0.15) is 5.75 Å². The fourth-order valence-electron chi connectivity index (χ4n) is 2.87. The number of fused-ring (bicyclic) bond motifs is 1. The summed E-state index contributed by atoms with van der Waals surface area (Å²) < 4.78 is 7.56. The standard InChI is InChI=1S/C17H22N2O2/c1-12(2)19-11-14(10-18-19)16(20)9-13-7-8-21-17-6-4-3-5-15(13)17/h3-6,10-13,16,20H,7-9H2,1-2H3. The van der Waals surface area contributed by atoms with Gasteiger partial charge in [0, 0.05) is 17.8 Å². The molecule has 0 fully saturated rings. The summed E-state index contributed by atoms with van der Waals surface area (Å²) in [6.45, 7) is 4.88. The molecule has 0 bridgehead atoms. The van der Waals surface area contributed by atoms with Gasteiger partial charge in [0.15, 0.2) is 0 Å². The first-order chi connectivity index (χ1) is 10.1. The average Bonchev–Trinajstić information content (AvgIpc) is 2.98. The molecular weight excluding hydrogens is 264 g/mol. The molecule has 1 aliphatic heterocycles. The molecule has 0 spiro atoms. The van der Waals surface area contributed by atoms with Crippen LogP contribution < -0.4 is 4.74 Å². The summed E-state index contributed by atoms with van der Waals surface area (Å²) in [5.74, 6) is 1.30. The van der Waals surface area contributed by atoms with Crippen molar-refractivity contribution in [3.8, 4) is 5.75 Å². The van der Waals surface area contributed by atoms with Gasteiger partial charge in [-0.05, 0) is 44.2 Å². The molecule has 4 nitrogen and oxygen atoms in total. The van der Waals surface area contributed by atoms with E-state index < -0.39 is 6.10 Å². The maximum Gasteiger partial charge on any atom is 0.122 e. The van der Waals surface area contributed by atoms with Crippen LogP contribution in [0.1, 0.15) is 55.9 Å². The molecule has 2 aromatic rings. The number of aliphatic hydroxyl groups is 1. The number of nitrogens with zero attached hydrogens (tertiary/aromatic N) is 2. The first-order valence-electron chi connectivity index (χ1n) is 7.59. The van der Waals surface area contributed by atoms with Crippen molar-refractivity contribution in [3.63, 3.8) is 0 Å². The minimum atomic E-state index is -0.478. The Kier molecular flexibility index (Phi) is 3.97. The van der Waals surface area contributed by atoms with E-state index in [1.54, 1.807) is 6.20 Å². The third-order valence-corrected chi connectivity index (χ3v) is 4.13. The second-order valence-corrected chi connectivity index (χ2v) is 5.97. The van der Waals surface area contributed by atoms with Gasteiger partial charge in [-0.2, -0.15) is 5.10 Å². The monoisotopic (exact) mass is 286 g/mol. The largest absolute Gasteiger partial charge is 0.493 e. The summed E-state index contributed by atoms with van der Waals surface area (Å²) in [5.41, 5.74) is 2.10. The lowest BCUT2D eigenvalue weighted by atomic mass is 9.87. The quantitative estimate of drug-likeness (QED) is 0.936. The van der Waals surface area contributed by atoms with Gasteiger partial charge >= 0.3 is 0 Å². The Balaban J connectivity index is 1.74. The van der Waals surface area contributed by atoms with Gasteiger partial charge in [-0.3, -0.25) is 4.68 Å². The molecular formula is C17H22N2O2. The van der Waals surface area contributed by atoms with Crippen LogP contribution in [0.3, 0.4) is 0 Å². The van der Waals surface area contributed by atoms with E-state index in [9.17, 15) is 5.11 Å². The van der Waals surface area contributed by atoms with E-state index in [4.69, 9.17) is 4.74 Å². The Labute approximate surface area is 125 Å². The number of hydrogen-bond acceptors (Lipinski definition) is 3.